The van der Waals surface area contributed by atoms with Crippen LogP contribution in [0.4, 0.5) is 13.2 Å². The Bertz CT molecular complexity index is 1490. The van der Waals surface area contributed by atoms with Crippen LogP contribution in [0.3, 0.4) is 0 Å². The minimum Gasteiger partial charge on any atom is -0.311 e. The van der Waals surface area contributed by atoms with Gasteiger partial charge in [0.15, 0.2) is 0 Å². The van der Waals surface area contributed by atoms with Gasteiger partial charge in [-0.15, -0.1) is 0 Å². The quantitative estimate of drug-likeness (QED) is 0.451. The molecule has 5 rings (SSSR count). The highest BCUT2D eigenvalue weighted by Crippen LogP contribution is 2.28. The lowest BCUT2D eigenvalue weighted by atomic mass is 10.0. The van der Waals surface area contributed by atoms with Crippen LogP contribution in [0.5, 0.6) is 0 Å². The van der Waals surface area contributed by atoms with Crippen LogP contribution in [0.2, 0.25) is 0 Å². The van der Waals surface area contributed by atoms with Gasteiger partial charge in [0.1, 0.15) is 5.69 Å². The summed E-state index contributed by atoms with van der Waals surface area (Å²) in [5, 5.41) is 0. The molecular weight excluding hydrogens is 443 g/mol. The summed E-state index contributed by atoms with van der Waals surface area (Å²) in [4.78, 5) is 29.7. The fourth-order valence-corrected chi connectivity index (χ4v) is 3.86. The van der Waals surface area contributed by atoms with Crippen molar-refractivity contribution in [3.63, 3.8) is 0 Å². The van der Waals surface area contributed by atoms with E-state index in [2.05, 4.69) is 15.0 Å². The highest BCUT2D eigenvalue weighted by Gasteiger charge is 2.32. The van der Waals surface area contributed by atoms with Crippen LogP contribution >= 0.6 is 0 Å². The third-order valence-corrected chi connectivity index (χ3v) is 5.54. The Morgan fingerprint density at radius 3 is 2.56 bits per heavy atom. The molecule has 170 valence electrons. The number of pyridine rings is 4. The van der Waals surface area contributed by atoms with Crippen molar-refractivity contribution < 1.29 is 13.2 Å². The summed E-state index contributed by atoms with van der Waals surface area (Å²) in [6.07, 6.45) is -0.159. The molecule has 0 radical (unpaired) electrons. The van der Waals surface area contributed by atoms with E-state index in [1.54, 1.807) is 18.5 Å². The Balaban J connectivity index is 1.43. The third-order valence-electron chi connectivity index (χ3n) is 5.54. The molecule has 0 atom stereocenters. The van der Waals surface area contributed by atoms with Gasteiger partial charge < -0.3 is 4.57 Å². The highest BCUT2D eigenvalue weighted by atomic mass is 19.4. The fourth-order valence-electron chi connectivity index (χ4n) is 3.86. The average molecular weight is 461 g/mol. The number of hydrogen-bond acceptors (Lipinski definition) is 5. The Labute approximate surface area is 192 Å². The van der Waals surface area contributed by atoms with E-state index in [4.69, 9.17) is 4.98 Å². The van der Waals surface area contributed by atoms with Gasteiger partial charge in [0.2, 0.25) is 0 Å². The van der Waals surface area contributed by atoms with Gasteiger partial charge in [-0.05, 0) is 48.9 Å². The van der Waals surface area contributed by atoms with Gasteiger partial charge in [0.05, 0.1) is 30.2 Å². The van der Waals surface area contributed by atoms with E-state index in [1.807, 2.05) is 31.2 Å². The first-order valence-corrected chi connectivity index (χ1v) is 10.5. The summed E-state index contributed by atoms with van der Waals surface area (Å²) in [5.74, 6) is 0. The highest BCUT2D eigenvalue weighted by molar-refractivity contribution is 6.14. The van der Waals surface area contributed by atoms with Crippen molar-refractivity contribution in [2.45, 2.75) is 26.2 Å². The number of fused-ring (bicyclic) bond motifs is 1. The van der Waals surface area contributed by atoms with Crippen LogP contribution in [-0.2, 0) is 19.3 Å². The predicted molar refractivity (Wildman–Crippen MR) is 121 cm³/mol. The molecule has 9 heteroatoms. The van der Waals surface area contributed by atoms with Crippen molar-refractivity contribution in [3.05, 3.63) is 111 Å². The molecule has 0 saturated carbocycles. The van der Waals surface area contributed by atoms with Crippen LogP contribution in [-0.4, -0.2) is 25.2 Å². The lowest BCUT2D eigenvalue weighted by molar-refractivity contribution is -0.141. The molecule has 1 aliphatic rings. The van der Waals surface area contributed by atoms with Crippen LogP contribution in [0.1, 0.15) is 33.8 Å². The number of rotatable bonds is 4. The van der Waals surface area contributed by atoms with Gasteiger partial charge in [-0.3, -0.25) is 19.8 Å². The molecule has 0 spiro atoms. The fraction of sp³-hybridized carbons (Fsp3) is 0.160. The predicted octanol–water partition coefficient (Wildman–Crippen LogP) is 4.43. The molecule has 0 unspecified atom stereocenters. The SMILES string of the molecule is Cc1cc(C2=NCc3ccc(-c4ccn(Cc5ccnc(C(F)(F)F)c5)c(=O)c4)nc32)ccn1. The summed E-state index contributed by atoms with van der Waals surface area (Å²) in [6, 6.07) is 13.2. The zero-order chi connectivity index (χ0) is 23.9. The first-order chi connectivity index (χ1) is 16.3. The van der Waals surface area contributed by atoms with Gasteiger partial charge >= 0.3 is 6.18 Å². The molecule has 4 aromatic heterocycles. The third kappa shape index (κ3) is 4.24. The van der Waals surface area contributed by atoms with Crippen molar-refractivity contribution in [1.29, 1.82) is 0 Å². The lowest BCUT2D eigenvalue weighted by Gasteiger charge is -2.11. The number of halogens is 3. The van der Waals surface area contributed by atoms with Gasteiger partial charge in [-0.2, -0.15) is 13.2 Å². The van der Waals surface area contributed by atoms with Crippen molar-refractivity contribution in [1.82, 2.24) is 19.5 Å². The number of hydrogen-bond donors (Lipinski definition) is 0. The first kappa shape index (κ1) is 21.7. The largest absolute Gasteiger partial charge is 0.433 e. The van der Waals surface area contributed by atoms with Gasteiger partial charge in [0.25, 0.3) is 5.56 Å². The maximum Gasteiger partial charge on any atom is 0.433 e. The second-order valence-corrected chi connectivity index (χ2v) is 7.98. The summed E-state index contributed by atoms with van der Waals surface area (Å²) >= 11 is 0. The summed E-state index contributed by atoms with van der Waals surface area (Å²) < 4.78 is 40.1. The minimum absolute atomic E-state index is 0.000525. The second-order valence-electron chi connectivity index (χ2n) is 7.98. The van der Waals surface area contributed by atoms with Crippen molar-refractivity contribution in [3.8, 4) is 11.3 Å². The van der Waals surface area contributed by atoms with E-state index in [1.165, 1.54) is 16.7 Å². The lowest BCUT2D eigenvalue weighted by Crippen LogP contribution is -2.20. The number of alkyl halides is 3. The van der Waals surface area contributed by atoms with Crippen LogP contribution in [0.25, 0.3) is 11.3 Å². The number of aryl methyl sites for hydroxylation is 1. The summed E-state index contributed by atoms with van der Waals surface area (Å²) in [5.41, 5.74) is 4.60. The monoisotopic (exact) mass is 461 g/mol. The van der Waals surface area contributed by atoms with E-state index >= 15 is 0 Å². The number of nitrogens with zero attached hydrogens (tertiary/aromatic N) is 5. The van der Waals surface area contributed by atoms with Crippen molar-refractivity contribution >= 4 is 5.71 Å². The van der Waals surface area contributed by atoms with E-state index in [0.717, 1.165) is 40.5 Å². The standard InChI is InChI=1S/C25H18F3N5O/c1-15-10-18(5-8-29-15)23-24-19(13-31-23)2-3-20(32-24)17-6-9-33(22(34)12-17)14-16-4-7-30-21(11-16)25(26,27)28/h2-12H,13-14H2,1H3. The van der Waals surface area contributed by atoms with Crippen LogP contribution in [0.15, 0.2) is 76.9 Å². The zero-order valence-corrected chi connectivity index (χ0v) is 18.0. The van der Waals surface area contributed by atoms with Gasteiger partial charge in [-0.25, -0.2) is 4.98 Å². The molecule has 0 aliphatic carbocycles. The molecule has 0 fully saturated rings. The summed E-state index contributed by atoms with van der Waals surface area (Å²) in [7, 11) is 0. The second kappa shape index (κ2) is 8.33. The average Bonchev–Trinajstić information content (AvgIpc) is 3.23. The van der Waals surface area contributed by atoms with Crippen molar-refractivity contribution in [2.75, 3.05) is 0 Å². The Morgan fingerprint density at radius 2 is 1.79 bits per heavy atom. The molecule has 4 aromatic rings. The molecular formula is C25H18F3N5O. The number of aliphatic imine (C=N–C) groups is 1. The first-order valence-electron chi connectivity index (χ1n) is 10.5. The van der Waals surface area contributed by atoms with E-state index in [9.17, 15) is 18.0 Å². The Hall–Kier alpha value is -4.14. The molecule has 0 saturated heterocycles. The van der Waals surface area contributed by atoms with Crippen molar-refractivity contribution in [2.24, 2.45) is 4.99 Å². The maximum atomic E-state index is 12.9. The minimum atomic E-state index is -4.54. The van der Waals surface area contributed by atoms with Gasteiger partial charge in [0, 0.05) is 47.0 Å². The zero-order valence-electron chi connectivity index (χ0n) is 18.0. The maximum absolute atomic E-state index is 12.9. The Morgan fingerprint density at radius 1 is 0.971 bits per heavy atom. The molecule has 0 aromatic carbocycles. The van der Waals surface area contributed by atoms with E-state index < -0.39 is 11.9 Å². The normalized spacial score (nSPS) is 13.0. The smallest absolute Gasteiger partial charge is 0.311 e. The van der Waals surface area contributed by atoms with Crippen LogP contribution < -0.4 is 5.56 Å². The molecule has 0 amide bonds. The van der Waals surface area contributed by atoms with E-state index in [0.29, 0.717) is 23.4 Å². The topological polar surface area (TPSA) is 73.0 Å². The molecule has 1 aliphatic heterocycles. The molecule has 6 nitrogen and oxygen atoms in total. The number of aromatic nitrogens is 4. The molecule has 0 bridgehead atoms. The van der Waals surface area contributed by atoms with Gasteiger partial charge in [-0.1, -0.05) is 6.07 Å². The van der Waals surface area contributed by atoms with E-state index in [-0.39, 0.29) is 12.1 Å². The Kier molecular flexibility index (Phi) is 5.31. The molecule has 5 heterocycles. The van der Waals surface area contributed by atoms with Crippen LogP contribution in [0, 0.1) is 6.92 Å². The molecule has 0 N–H and O–H groups in total. The summed E-state index contributed by atoms with van der Waals surface area (Å²) in [6.45, 7) is 2.45. The molecule has 34 heavy (non-hydrogen) atoms.